The van der Waals surface area contributed by atoms with Gasteiger partial charge in [-0.3, -0.25) is 24.3 Å². The van der Waals surface area contributed by atoms with Gasteiger partial charge in [-0.1, -0.05) is 30.4 Å². The number of allylic oxidation sites excluding steroid dienone is 2. The normalized spacial score (nSPS) is 11.9. The highest BCUT2D eigenvalue weighted by Crippen LogP contribution is 2.30. The van der Waals surface area contributed by atoms with Crippen LogP contribution in [0.1, 0.15) is 51.6 Å². The zero-order chi connectivity index (χ0) is 34.4. The molecule has 7 rings (SSSR count). The fourth-order valence-electron chi connectivity index (χ4n) is 6.48. The molecule has 13 heteroatoms. The molecule has 0 aliphatic rings. The highest BCUT2D eigenvalue weighted by atomic mass is 16.2. The van der Waals surface area contributed by atoms with Gasteiger partial charge in [0.05, 0.1) is 27.9 Å². The third-order valence-electron chi connectivity index (χ3n) is 8.66. The van der Waals surface area contributed by atoms with Crippen molar-refractivity contribution in [3.05, 3.63) is 95.1 Å². The number of nitrogens with one attached hydrogen (secondary N) is 1. The van der Waals surface area contributed by atoms with Gasteiger partial charge in [-0.15, -0.1) is 0 Å². The lowest BCUT2D eigenvalue weighted by Crippen LogP contribution is -2.20. The van der Waals surface area contributed by atoms with E-state index in [0.717, 1.165) is 50.1 Å². The van der Waals surface area contributed by atoms with Crippen LogP contribution in [0.3, 0.4) is 0 Å². The van der Waals surface area contributed by atoms with Crippen molar-refractivity contribution in [2.75, 3.05) is 5.32 Å². The summed E-state index contributed by atoms with van der Waals surface area (Å²) in [6, 6.07) is 15.4. The fourth-order valence-corrected chi connectivity index (χ4v) is 6.48. The highest BCUT2D eigenvalue weighted by Gasteiger charge is 2.20. The van der Waals surface area contributed by atoms with Gasteiger partial charge in [0.2, 0.25) is 11.9 Å². The van der Waals surface area contributed by atoms with E-state index in [1.165, 1.54) is 0 Å². The molecule has 2 amide bonds. The van der Waals surface area contributed by atoms with E-state index < -0.39 is 5.91 Å². The smallest absolute Gasteiger partial charge is 0.276 e. The maximum Gasteiger partial charge on any atom is 0.276 e. The number of carbonyl (C=O) groups is 2. The molecule has 2 aromatic carbocycles. The summed E-state index contributed by atoms with van der Waals surface area (Å²) in [4.78, 5) is 40.0. The second-order valence-corrected chi connectivity index (χ2v) is 12.0. The number of rotatable bonds is 10. The van der Waals surface area contributed by atoms with E-state index in [4.69, 9.17) is 20.7 Å². The molecule has 5 aromatic heterocycles. The number of fused-ring (bicyclic) bond motifs is 4. The summed E-state index contributed by atoms with van der Waals surface area (Å²) in [6.45, 7) is 11.9. The van der Waals surface area contributed by atoms with Crippen molar-refractivity contribution in [1.82, 2.24) is 43.6 Å². The molecule has 0 saturated heterocycles. The van der Waals surface area contributed by atoms with Crippen LogP contribution in [0.4, 0.5) is 5.95 Å². The lowest BCUT2D eigenvalue weighted by atomic mass is 10.1. The molecule has 0 saturated carbocycles. The summed E-state index contributed by atoms with van der Waals surface area (Å²) in [5.41, 5.74) is 13.0. The molecular formula is C36H37N11O2. The van der Waals surface area contributed by atoms with Gasteiger partial charge in [-0.05, 0) is 70.5 Å². The average Bonchev–Trinajstić information content (AvgIpc) is 3.84. The Morgan fingerprint density at radius 3 is 2.33 bits per heavy atom. The molecule has 0 atom stereocenters. The summed E-state index contributed by atoms with van der Waals surface area (Å²) in [6.07, 6.45) is 6.01. The van der Waals surface area contributed by atoms with Gasteiger partial charge in [0, 0.05) is 48.7 Å². The molecule has 5 heterocycles. The third kappa shape index (κ3) is 5.62. The number of hydrogen-bond acceptors (Lipinski definition) is 7. The Labute approximate surface area is 282 Å². The largest absolute Gasteiger partial charge is 0.366 e. The second-order valence-electron chi connectivity index (χ2n) is 12.0. The van der Waals surface area contributed by atoms with Crippen LogP contribution in [0.25, 0.3) is 44.5 Å². The van der Waals surface area contributed by atoms with Gasteiger partial charge in [0.1, 0.15) is 17.0 Å². The molecule has 0 unspecified atom stereocenters. The molecule has 0 fully saturated rings. The van der Waals surface area contributed by atoms with E-state index in [1.54, 1.807) is 22.9 Å². The Morgan fingerprint density at radius 2 is 1.57 bits per heavy atom. The number of nitrogens with two attached hydrogens (primary N) is 1. The minimum Gasteiger partial charge on any atom is -0.366 e. The van der Waals surface area contributed by atoms with Crippen LogP contribution in [0, 0.1) is 20.8 Å². The molecule has 7 aromatic rings. The van der Waals surface area contributed by atoms with Gasteiger partial charge in [0.25, 0.3) is 5.91 Å². The van der Waals surface area contributed by atoms with Crippen molar-refractivity contribution >= 4 is 50.7 Å². The van der Waals surface area contributed by atoms with Crippen LogP contribution < -0.4 is 11.1 Å². The average molecular weight is 656 g/mol. The van der Waals surface area contributed by atoms with Gasteiger partial charge in [0.15, 0.2) is 5.82 Å². The van der Waals surface area contributed by atoms with Gasteiger partial charge in [-0.2, -0.15) is 10.2 Å². The molecule has 0 spiro atoms. The highest BCUT2D eigenvalue weighted by molar-refractivity contribution is 6.07. The lowest BCUT2D eigenvalue weighted by Gasteiger charge is -2.10. The summed E-state index contributed by atoms with van der Waals surface area (Å²) >= 11 is 0. The number of hydrogen-bond donors (Lipinski definition) is 2. The first-order valence-corrected chi connectivity index (χ1v) is 16.3. The quantitative estimate of drug-likeness (QED) is 0.183. The van der Waals surface area contributed by atoms with Crippen LogP contribution in [-0.4, -0.2) is 55.5 Å². The Balaban J connectivity index is 1.25. The van der Waals surface area contributed by atoms with Crippen LogP contribution in [0.5, 0.6) is 0 Å². The Bertz CT molecular complexity index is 2440. The molecule has 0 aliphatic heterocycles. The van der Waals surface area contributed by atoms with E-state index in [1.807, 2.05) is 67.4 Å². The number of nitrogens with zero attached hydrogens (tertiary/aromatic N) is 9. The SMILES string of the molecule is CCn1nc(C)cc1C(=O)Nc1nc2cc(C(N)=O)cc(C)c2n1CC=CCn1c2ccccc2c2cnc(-c3cc(C)nn3CC)nc21. The number of amides is 2. The predicted molar refractivity (Wildman–Crippen MR) is 189 cm³/mol. The molecule has 0 bridgehead atoms. The van der Waals surface area contributed by atoms with Crippen LogP contribution in [-0.2, 0) is 26.2 Å². The first-order chi connectivity index (χ1) is 23.7. The number of benzene rings is 2. The standard InChI is InChI=1S/C36H37N11O2/c1-6-46-29(17-22(4)42-46)33-38-20-26-25-12-8-9-13-28(25)44(34(26)40-33)14-10-11-15-45-31-21(3)16-24(32(37)48)19-27(31)39-36(45)41-35(49)30-18-23(5)43-47(30)7-2/h8-13,16-20H,6-7,14-15H2,1-5H3,(H2,37,48)(H,39,41,49). The number of aromatic nitrogens is 9. The van der Waals surface area contributed by atoms with E-state index >= 15 is 0 Å². The lowest BCUT2D eigenvalue weighted by molar-refractivity contribution is 0.0996. The monoisotopic (exact) mass is 655 g/mol. The minimum atomic E-state index is -0.542. The van der Waals surface area contributed by atoms with Crippen LogP contribution in [0.2, 0.25) is 0 Å². The number of para-hydroxylation sites is 1. The fraction of sp³-hybridized carbons (Fsp3) is 0.250. The number of imidazole rings is 1. The van der Waals surface area contributed by atoms with Crippen molar-refractivity contribution in [3.63, 3.8) is 0 Å². The molecule has 49 heavy (non-hydrogen) atoms. The number of aryl methyl sites for hydroxylation is 5. The van der Waals surface area contributed by atoms with Crippen molar-refractivity contribution in [1.29, 1.82) is 0 Å². The summed E-state index contributed by atoms with van der Waals surface area (Å²) in [5, 5.41) is 14.0. The first-order valence-electron chi connectivity index (χ1n) is 16.3. The molecule has 13 nitrogen and oxygen atoms in total. The predicted octanol–water partition coefficient (Wildman–Crippen LogP) is 5.57. The third-order valence-corrected chi connectivity index (χ3v) is 8.66. The topological polar surface area (TPSA) is 156 Å². The summed E-state index contributed by atoms with van der Waals surface area (Å²) < 4.78 is 7.69. The minimum absolute atomic E-state index is 0.323. The maximum absolute atomic E-state index is 13.5. The molecule has 248 valence electrons. The Kier molecular flexibility index (Phi) is 8.02. The molecule has 3 N–H and O–H groups in total. The van der Waals surface area contributed by atoms with E-state index in [-0.39, 0.29) is 5.91 Å². The van der Waals surface area contributed by atoms with Crippen molar-refractivity contribution in [2.24, 2.45) is 5.73 Å². The van der Waals surface area contributed by atoms with Crippen molar-refractivity contribution in [3.8, 4) is 11.5 Å². The summed E-state index contributed by atoms with van der Waals surface area (Å²) in [7, 11) is 0. The zero-order valence-electron chi connectivity index (χ0n) is 28.1. The van der Waals surface area contributed by atoms with Crippen molar-refractivity contribution < 1.29 is 9.59 Å². The summed E-state index contributed by atoms with van der Waals surface area (Å²) in [5.74, 6) is 0.113. The zero-order valence-corrected chi connectivity index (χ0v) is 28.1. The van der Waals surface area contributed by atoms with Gasteiger partial charge in [-0.25, -0.2) is 15.0 Å². The number of anilines is 1. The van der Waals surface area contributed by atoms with E-state index in [0.29, 0.717) is 54.7 Å². The maximum atomic E-state index is 13.5. The van der Waals surface area contributed by atoms with Crippen LogP contribution >= 0.6 is 0 Å². The van der Waals surface area contributed by atoms with E-state index in [2.05, 4.69) is 45.2 Å². The first kappa shape index (κ1) is 31.5. The van der Waals surface area contributed by atoms with Crippen molar-refractivity contribution in [2.45, 2.75) is 60.8 Å². The Morgan fingerprint density at radius 1 is 0.857 bits per heavy atom. The van der Waals surface area contributed by atoms with Crippen LogP contribution in [0.15, 0.2) is 66.9 Å². The molecule has 0 aliphatic carbocycles. The van der Waals surface area contributed by atoms with E-state index in [9.17, 15) is 9.59 Å². The van der Waals surface area contributed by atoms with Gasteiger partial charge >= 0.3 is 0 Å². The molecule has 0 radical (unpaired) electrons. The van der Waals surface area contributed by atoms with Gasteiger partial charge < -0.3 is 14.9 Å². The Hall–Kier alpha value is -6.11. The second kappa shape index (κ2) is 12.5. The molecular weight excluding hydrogens is 618 g/mol. The number of carbonyl (C=O) groups excluding carboxylic acids is 2. The number of primary amides is 1.